The van der Waals surface area contributed by atoms with Gasteiger partial charge in [0.1, 0.15) is 11.9 Å². The van der Waals surface area contributed by atoms with Crippen molar-refractivity contribution in [3.63, 3.8) is 0 Å². The van der Waals surface area contributed by atoms with Gasteiger partial charge in [-0.05, 0) is 48.6 Å². The van der Waals surface area contributed by atoms with Gasteiger partial charge < -0.3 is 20.1 Å². The van der Waals surface area contributed by atoms with Crippen molar-refractivity contribution in [2.45, 2.75) is 39.2 Å². The van der Waals surface area contributed by atoms with Crippen molar-refractivity contribution in [2.24, 2.45) is 0 Å². The Bertz CT molecular complexity index is 1030. The number of alkyl carbamates (subject to hydrolysis) is 1. The number of carbonyl (C=O) groups is 2. The number of aromatic nitrogens is 2. The zero-order valence-corrected chi connectivity index (χ0v) is 18.3. The number of benzene rings is 1. The normalized spacial score (nSPS) is 11.6. The summed E-state index contributed by atoms with van der Waals surface area (Å²) in [6.45, 7) is 4.29. The maximum absolute atomic E-state index is 12.3. The Kier molecular flexibility index (Phi) is 8.36. The van der Waals surface area contributed by atoms with E-state index < -0.39 is 18.1 Å². The minimum Gasteiger partial charge on any atom is -0.464 e. The molecule has 0 spiro atoms. The highest BCUT2D eigenvalue weighted by molar-refractivity contribution is 5.92. The van der Waals surface area contributed by atoms with Crippen LogP contribution in [0.2, 0.25) is 0 Å². The first-order valence-electron chi connectivity index (χ1n) is 10.7. The van der Waals surface area contributed by atoms with Crippen LogP contribution in [0, 0.1) is 0 Å². The number of unbranched alkanes of at least 4 members (excludes halogenated alkanes) is 1. The third kappa shape index (κ3) is 6.41. The average molecular weight is 437 g/mol. The lowest BCUT2D eigenvalue weighted by atomic mass is 10.1. The van der Waals surface area contributed by atoms with Crippen LogP contribution < -0.4 is 10.6 Å². The lowest BCUT2D eigenvalue weighted by Gasteiger charge is -2.17. The van der Waals surface area contributed by atoms with Crippen molar-refractivity contribution in [3.05, 3.63) is 60.6 Å². The Morgan fingerprint density at radius 3 is 2.56 bits per heavy atom. The predicted octanol–water partition coefficient (Wildman–Crippen LogP) is 4.37. The van der Waals surface area contributed by atoms with Crippen molar-refractivity contribution >= 4 is 34.3 Å². The smallest absolute Gasteiger partial charge is 0.407 e. The fraction of sp³-hybridized carbons (Fsp3) is 0.333. The van der Waals surface area contributed by atoms with E-state index in [0.717, 1.165) is 34.9 Å². The van der Waals surface area contributed by atoms with E-state index in [9.17, 15) is 9.59 Å². The third-order valence-electron chi connectivity index (χ3n) is 4.82. The molecule has 3 aromatic rings. The van der Waals surface area contributed by atoms with Crippen LogP contribution in [0.25, 0.3) is 10.8 Å². The van der Waals surface area contributed by atoms with E-state index in [-0.39, 0.29) is 6.61 Å². The molecule has 1 atom stereocenters. The van der Waals surface area contributed by atoms with Crippen molar-refractivity contribution in [3.8, 4) is 0 Å². The molecule has 0 aliphatic rings. The number of rotatable bonds is 10. The molecule has 0 saturated carbocycles. The standard InChI is InChI=1S/C24H28N4O4/c1-3-5-14-32-24(30)28-21(23(29)31-4-2)15-17-6-8-19(9-7-17)27-22-20-16-25-12-10-18(20)11-13-26-22/h6-13,16,21H,3-5,14-15H2,1-2H3,(H,26,27)(H,28,30). The highest BCUT2D eigenvalue weighted by atomic mass is 16.6. The van der Waals surface area contributed by atoms with Crippen molar-refractivity contribution in [2.75, 3.05) is 18.5 Å². The van der Waals surface area contributed by atoms with Gasteiger partial charge >= 0.3 is 12.1 Å². The van der Waals surface area contributed by atoms with Gasteiger partial charge in [0.2, 0.25) is 0 Å². The number of nitrogens with zero attached hydrogens (tertiary/aromatic N) is 2. The molecule has 0 fully saturated rings. The SMILES string of the molecule is CCCCOC(=O)NC(Cc1ccc(Nc2nccc3ccncc23)cc1)C(=O)OCC. The molecule has 0 radical (unpaired) electrons. The van der Waals surface area contributed by atoms with Crippen LogP contribution >= 0.6 is 0 Å². The number of amides is 1. The Balaban J connectivity index is 1.67. The molecule has 8 nitrogen and oxygen atoms in total. The first kappa shape index (κ1) is 23.0. The van der Waals surface area contributed by atoms with E-state index in [1.807, 2.05) is 43.3 Å². The second-order valence-corrected chi connectivity index (χ2v) is 7.22. The van der Waals surface area contributed by atoms with Gasteiger partial charge in [-0.3, -0.25) is 4.98 Å². The molecule has 168 valence electrons. The second-order valence-electron chi connectivity index (χ2n) is 7.22. The fourth-order valence-corrected chi connectivity index (χ4v) is 3.14. The zero-order chi connectivity index (χ0) is 22.8. The number of pyridine rings is 2. The van der Waals surface area contributed by atoms with Gasteiger partial charge in [-0.1, -0.05) is 25.5 Å². The summed E-state index contributed by atoms with van der Waals surface area (Å²) in [5.74, 6) is 0.221. The monoisotopic (exact) mass is 436 g/mol. The lowest BCUT2D eigenvalue weighted by molar-refractivity contribution is -0.145. The highest BCUT2D eigenvalue weighted by Crippen LogP contribution is 2.23. The molecule has 3 rings (SSSR count). The lowest BCUT2D eigenvalue weighted by Crippen LogP contribution is -2.43. The Hall–Kier alpha value is -3.68. The van der Waals surface area contributed by atoms with Crippen LogP contribution in [0.4, 0.5) is 16.3 Å². The maximum Gasteiger partial charge on any atom is 0.407 e. The second kappa shape index (κ2) is 11.6. The number of ether oxygens (including phenoxy) is 2. The number of anilines is 2. The molecule has 1 aromatic carbocycles. The number of hydrogen-bond acceptors (Lipinski definition) is 7. The molecule has 1 unspecified atom stereocenters. The third-order valence-corrected chi connectivity index (χ3v) is 4.82. The molecule has 0 aliphatic carbocycles. The molecule has 0 saturated heterocycles. The molecule has 1 amide bonds. The topological polar surface area (TPSA) is 102 Å². The number of fused-ring (bicyclic) bond motifs is 1. The fourth-order valence-electron chi connectivity index (χ4n) is 3.14. The van der Waals surface area contributed by atoms with Crippen LogP contribution in [-0.2, 0) is 20.7 Å². The quantitative estimate of drug-likeness (QED) is 0.359. The average Bonchev–Trinajstić information content (AvgIpc) is 2.80. The van der Waals surface area contributed by atoms with Crippen LogP contribution in [0.15, 0.2) is 55.0 Å². The summed E-state index contributed by atoms with van der Waals surface area (Å²) in [6, 6.07) is 10.6. The van der Waals surface area contributed by atoms with Gasteiger partial charge in [-0.25, -0.2) is 14.6 Å². The van der Waals surface area contributed by atoms with Gasteiger partial charge in [0.15, 0.2) is 0 Å². The minimum absolute atomic E-state index is 0.234. The summed E-state index contributed by atoms with van der Waals surface area (Å²) < 4.78 is 10.2. The maximum atomic E-state index is 12.3. The molecule has 2 N–H and O–H groups in total. The van der Waals surface area contributed by atoms with E-state index >= 15 is 0 Å². The molecule has 0 aliphatic heterocycles. The summed E-state index contributed by atoms with van der Waals surface area (Å²) >= 11 is 0. The Labute approximate surface area is 187 Å². The van der Waals surface area contributed by atoms with Gasteiger partial charge in [0.05, 0.1) is 13.2 Å². The van der Waals surface area contributed by atoms with E-state index in [4.69, 9.17) is 9.47 Å². The molecule has 8 heteroatoms. The van der Waals surface area contributed by atoms with Crippen molar-refractivity contribution < 1.29 is 19.1 Å². The molecule has 32 heavy (non-hydrogen) atoms. The number of esters is 1. The predicted molar refractivity (Wildman–Crippen MR) is 123 cm³/mol. The number of carbonyl (C=O) groups excluding carboxylic acids is 2. The first-order chi connectivity index (χ1) is 15.6. The van der Waals surface area contributed by atoms with E-state index in [1.165, 1.54) is 0 Å². The number of nitrogens with one attached hydrogen (secondary N) is 2. The Morgan fingerprint density at radius 2 is 1.81 bits per heavy atom. The van der Waals surface area contributed by atoms with Crippen LogP contribution in [0.1, 0.15) is 32.3 Å². The highest BCUT2D eigenvalue weighted by Gasteiger charge is 2.23. The van der Waals surface area contributed by atoms with Crippen LogP contribution in [-0.4, -0.2) is 41.3 Å². The Morgan fingerprint density at radius 1 is 1.03 bits per heavy atom. The van der Waals surface area contributed by atoms with E-state index in [2.05, 4.69) is 20.6 Å². The number of hydrogen-bond donors (Lipinski definition) is 2. The van der Waals surface area contributed by atoms with Crippen LogP contribution in [0.5, 0.6) is 0 Å². The molecule has 0 bridgehead atoms. The zero-order valence-electron chi connectivity index (χ0n) is 18.3. The largest absolute Gasteiger partial charge is 0.464 e. The van der Waals surface area contributed by atoms with Gasteiger partial charge in [-0.15, -0.1) is 0 Å². The summed E-state index contributed by atoms with van der Waals surface area (Å²) in [5.41, 5.74) is 1.72. The van der Waals surface area contributed by atoms with Crippen LogP contribution in [0.3, 0.4) is 0 Å². The van der Waals surface area contributed by atoms with Gasteiger partial charge in [0, 0.05) is 36.1 Å². The molecule has 2 aromatic heterocycles. The van der Waals surface area contributed by atoms with Crippen molar-refractivity contribution in [1.29, 1.82) is 0 Å². The van der Waals surface area contributed by atoms with E-state index in [0.29, 0.717) is 18.8 Å². The van der Waals surface area contributed by atoms with Gasteiger partial charge in [0.25, 0.3) is 0 Å². The summed E-state index contributed by atoms with van der Waals surface area (Å²) in [4.78, 5) is 32.9. The molecular formula is C24H28N4O4. The first-order valence-corrected chi connectivity index (χ1v) is 10.7. The molecule has 2 heterocycles. The van der Waals surface area contributed by atoms with E-state index in [1.54, 1.807) is 25.5 Å². The van der Waals surface area contributed by atoms with Gasteiger partial charge in [-0.2, -0.15) is 0 Å². The summed E-state index contributed by atoms with van der Waals surface area (Å²) in [5, 5.41) is 7.88. The summed E-state index contributed by atoms with van der Waals surface area (Å²) in [6.07, 6.45) is 6.62. The summed E-state index contributed by atoms with van der Waals surface area (Å²) in [7, 11) is 0. The molecular weight excluding hydrogens is 408 g/mol. The minimum atomic E-state index is -0.825. The van der Waals surface area contributed by atoms with Crippen molar-refractivity contribution in [1.82, 2.24) is 15.3 Å².